The van der Waals surface area contributed by atoms with Gasteiger partial charge in [-0.2, -0.15) is 0 Å². The van der Waals surface area contributed by atoms with Gasteiger partial charge in [0.25, 0.3) is 0 Å². The lowest BCUT2D eigenvalue weighted by molar-refractivity contribution is 0.1000. The van der Waals surface area contributed by atoms with Crippen molar-refractivity contribution in [1.82, 2.24) is 15.5 Å². The fourth-order valence-corrected chi connectivity index (χ4v) is 5.91. The first kappa shape index (κ1) is 23.8. The molecule has 0 aliphatic carbocycles. The fraction of sp³-hybridized carbons (Fsp3) is 0.276. The molecule has 6 rings (SSSR count). The Balaban J connectivity index is 1.53. The van der Waals surface area contributed by atoms with Crippen LogP contribution in [0.15, 0.2) is 54.6 Å². The SMILES string of the molecule is Cc1cc(Cl)cc(-c2nnc3ccc(-c4cc(F)cc(C(N)=O)c4)cc3c2N2CCC3(CCN3)CC2)c1. The van der Waals surface area contributed by atoms with E-state index >= 15 is 0 Å². The van der Waals surface area contributed by atoms with Crippen molar-refractivity contribution >= 4 is 34.1 Å². The number of rotatable bonds is 4. The van der Waals surface area contributed by atoms with Crippen molar-refractivity contribution in [2.24, 2.45) is 5.73 Å². The number of amides is 1. The van der Waals surface area contributed by atoms with Crippen molar-refractivity contribution in [3.63, 3.8) is 0 Å². The van der Waals surface area contributed by atoms with Gasteiger partial charge in [-0.15, -0.1) is 10.2 Å². The number of hydrogen-bond donors (Lipinski definition) is 2. The van der Waals surface area contributed by atoms with Gasteiger partial charge in [0, 0.05) is 40.2 Å². The van der Waals surface area contributed by atoms with Gasteiger partial charge in [0.15, 0.2) is 0 Å². The summed E-state index contributed by atoms with van der Waals surface area (Å²) in [6, 6.07) is 15.9. The fourth-order valence-electron chi connectivity index (χ4n) is 5.62. The average molecular weight is 516 g/mol. The Bertz CT molecular complexity index is 1520. The molecule has 0 radical (unpaired) electrons. The van der Waals surface area contributed by atoms with Crippen LogP contribution in [0.4, 0.5) is 10.1 Å². The molecule has 1 aromatic heterocycles. The molecular weight excluding hydrogens is 489 g/mol. The molecule has 2 aliphatic heterocycles. The zero-order chi connectivity index (χ0) is 25.7. The van der Waals surface area contributed by atoms with Gasteiger partial charge in [0.2, 0.25) is 5.91 Å². The molecule has 1 spiro atoms. The maximum Gasteiger partial charge on any atom is 0.248 e. The number of nitrogens with zero attached hydrogens (tertiary/aromatic N) is 3. The molecule has 2 fully saturated rings. The summed E-state index contributed by atoms with van der Waals surface area (Å²) in [6.45, 7) is 4.86. The Labute approximate surface area is 219 Å². The van der Waals surface area contributed by atoms with E-state index in [4.69, 9.17) is 17.3 Å². The van der Waals surface area contributed by atoms with Crippen LogP contribution in [0.1, 0.15) is 35.2 Å². The van der Waals surface area contributed by atoms with Gasteiger partial charge in [0.05, 0.1) is 11.2 Å². The Morgan fingerprint density at radius 2 is 1.78 bits per heavy atom. The van der Waals surface area contributed by atoms with Crippen LogP contribution in [0.25, 0.3) is 33.3 Å². The van der Waals surface area contributed by atoms with Crippen molar-refractivity contribution in [2.75, 3.05) is 24.5 Å². The smallest absolute Gasteiger partial charge is 0.248 e. The quantitative estimate of drug-likeness (QED) is 0.375. The van der Waals surface area contributed by atoms with Crippen LogP contribution in [0.5, 0.6) is 0 Å². The number of halogens is 2. The third-order valence-electron chi connectivity index (χ3n) is 7.71. The highest BCUT2D eigenvalue weighted by Gasteiger charge is 2.40. The Kier molecular flexibility index (Phi) is 5.85. The number of benzene rings is 3. The van der Waals surface area contributed by atoms with Crippen molar-refractivity contribution < 1.29 is 9.18 Å². The van der Waals surface area contributed by atoms with E-state index in [0.29, 0.717) is 10.6 Å². The average Bonchev–Trinajstić information content (AvgIpc) is 2.86. The lowest BCUT2D eigenvalue weighted by Gasteiger charge is -2.49. The minimum Gasteiger partial charge on any atom is -0.369 e. The lowest BCUT2D eigenvalue weighted by atomic mass is 9.79. The van der Waals surface area contributed by atoms with Crippen molar-refractivity contribution in [3.8, 4) is 22.4 Å². The molecule has 0 atom stereocenters. The van der Waals surface area contributed by atoms with Gasteiger partial charge >= 0.3 is 0 Å². The summed E-state index contributed by atoms with van der Waals surface area (Å²) in [6.07, 6.45) is 3.31. The second-order valence-electron chi connectivity index (χ2n) is 10.2. The topological polar surface area (TPSA) is 84.1 Å². The second kappa shape index (κ2) is 9.08. The van der Waals surface area contributed by atoms with E-state index in [1.165, 1.54) is 12.5 Å². The van der Waals surface area contributed by atoms with Gasteiger partial charge in [-0.25, -0.2) is 4.39 Å². The number of nitrogens with one attached hydrogen (secondary N) is 1. The normalized spacial score (nSPS) is 16.7. The van der Waals surface area contributed by atoms with E-state index in [1.54, 1.807) is 6.07 Å². The zero-order valence-corrected chi connectivity index (χ0v) is 21.3. The summed E-state index contributed by atoms with van der Waals surface area (Å²) in [5.74, 6) is -1.18. The Hall–Kier alpha value is -3.55. The highest BCUT2D eigenvalue weighted by atomic mass is 35.5. The highest BCUT2D eigenvalue weighted by molar-refractivity contribution is 6.31. The first-order chi connectivity index (χ1) is 17.8. The summed E-state index contributed by atoms with van der Waals surface area (Å²) < 4.78 is 14.4. The van der Waals surface area contributed by atoms with Crippen LogP contribution in [0.3, 0.4) is 0 Å². The van der Waals surface area contributed by atoms with Crippen molar-refractivity contribution in [1.29, 1.82) is 0 Å². The summed E-state index contributed by atoms with van der Waals surface area (Å²) in [4.78, 5) is 14.1. The zero-order valence-electron chi connectivity index (χ0n) is 20.5. The molecule has 4 aromatic rings. The van der Waals surface area contributed by atoms with E-state index in [-0.39, 0.29) is 11.1 Å². The first-order valence-corrected chi connectivity index (χ1v) is 12.9. The molecule has 3 N–H and O–H groups in total. The van der Waals surface area contributed by atoms with E-state index < -0.39 is 11.7 Å². The molecule has 8 heteroatoms. The van der Waals surface area contributed by atoms with E-state index in [9.17, 15) is 9.18 Å². The maximum absolute atomic E-state index is 14.4. The van der Waals surface area contributed by atoms with E-state index in [1.807, 2.05) is 37.3 Å². The predicted molar refractivity (Wildman–Crippen MR) is 145 cm³/mol. The molecular formula is C29H27ClFN5O. The summed E-state index contributed by atoms with van der Waals surface area (Å²) >= 11 is 6.44. The van der Waals surface area contributed by atoms with Gasteiger partial charge in [-0.05, 0) is 98.0 Å². The van der Waals surface area contributed by atoms with Gasteiger partial charge in [0.1, 0.15) is 11.5 Å². The molecule has 3 heterocycles. The largest absolute Gasteiger partial charge is 0.369 e. The number of fused-ring (bicyclic) bond motifs is 1. The third kappa shape index (κ3) is 4.43. The molecule has 3 aromatic carbocycles. The van der Waals surface area contributed by atoms with Gasteiger partial charge in [-0.3, -0.25) is 4.79 Å². The minimum absolute atomic E-state index is 0.132. The summed E-state index contributed by atoms with van der Waals surface area (Å²) in [5, 5.41) is 14.4. The third-order valence-corrected chi connectivity index (χ3v) is 7.92. The molecule has 0 unspecified atom stereocenters. The molecule has 37 heavy (non-hydrogen) atoms. The van der Waals surface area contributed by atoms with Crippen LogP contribution in [0, 0.1) is 12.7 Å². The highest BCUT2D eigenvalue weighted by Crippen LogP contribution is 2.41. The number of aryl methyl sites for hydroxylation is 1. The standard InChI is InChI=1S/C29H27ClFN5O/c1-17-10-20(13-22(30)11-17)26-27(36-8-5-29(6-9-36)4-7-33-29)24-16-18(2-3-25(24)34-35-26)19-12-21(28(32)37)15-23(31)14-19/h2-3,10-16,33H,4-9H2,1H3,(H2,32,37). The molecule has 2 saturated heterocycles. The van der Waals surface area contributed by atoms with Crippen LogP contribution >= 0.6 is 11.6 Å². The van der Waals surface area contributed by atoms with Crippen LogP contribution < -0.4 is 16.0 Å². The van der Waals surface area contributed by atoms with Crippen molar-refractivity contribution in [2.45, 2.75) is 31.7 Å². The number of carbonyl (C=O) groups is 1. The van der Waals surface area contributed by atoms with Crippen LogP contribution in [0.2, 0.25) is 5.02 Å². The van der Waals surface area contributed by atoms with Crippen molar-refractivity contribution in [3.05, 3.63) is 76.6 Å². The monoisotopic (exact) mass is 515 g/mol. The summed E-state index contributed by atoms with van der Waals surface area (Å²) in [5.41, 5.74) is 11.6. The van der Waals surface area contributed by atoms with Crippen LogP contribution in [-0.2, 0) is 0 Å². The molecule has 2 aliphatic rings. The number of piperidine rings is 1. The predicted octanol–water partition coefficient (Wildman–Crippen LogP) is 5.50. The maximum atomic E-state index is 14.4. The van der Waals surface area contributed by atoms with E-state index in [2.05, 4.69) is 26.5 Å². The first-order valence-electron chi connectivity index (χ1n) is 12.5. The lowest BCUT2D eigenvalue weighted by Crippen LogP contribution is -2.62. The molecule has 1 amide bonds. The Morgan fingerprint density at radius 3 is 2.46 bits per heavy atom. The van der Waals surface area contributed by atoms with Gasteiger partial charge < -0.3 is 16.0 Å². The molecule has 0 bridgehead atoms. The number of anilines is 1. The number of primary amides is 1. The number of hydrogen-bond acceptors (Lipinski definition) is 5. The Morgan fingerprint density at radius 1 is 1.00 bits per heavy atom. The second-order valence-corrected chi connectivity index (χ2v) is 10.6. The molecule has 0 saturated carbocycles. The molecule has 6 nitrogen and oxygen atoms in total. The minimum atomic E-state index is -0.668. The molecule has 188 valence electrons. The van der Waals surface area contributed by atoms with E-state index in [0.717, 1.165) is 77.5 Å². The van der Waals surface area contributed by atoms with Gasteiger partial charge in [-0.1, -0.05) is 17.7 Å². The number of nitrogens with two attached hydrogens (primary N) is 1. The number of aromatic nitrogens is 2. The van der Waals surface area contributed by atoms with Crippen LogP contribution in [-0.4, -0.2) is 41.3 Å². The summed E-state index contributed by atoms with van der Waals surface area (Å²) in [7, 11) is 0. The number of carbonyl (C=O) groups excluding carboxylic acids is 1.